The van der Waals surface area contributed by atoms with Gasteiger partial charge in [0, 0.05) is 13.1 Å². The summed E-state index contributed by atoms with van der Waals surface area (Å²) in [6, 6.07) is 0. The highest BCUT2D eigenvalue weighted by molar-refractivity contribution is 5.85. The Kier molecular flexibility index (Phi) is 4.26. The Labute approximate surface area is 94.2 Å². The summed E-state index contributed by atoms with van der Waals surface area (Å²) in [7, 11) is 0. The molecular formula is C10H17NO5. The summed E-state index contributed by atoms with van der Waals surface area (Å²) in [6.45, 7) is 6.54. The van der Waals surface area contributed by atoms with Crippen LogP contribution in [0, 0.1) is 0 Å². The Morgan fingerprint density at radius 3 is 2.56 bits per heavy atom. The SMILES string of the molecule is CC(C)(C)OC(=O)OC(=O)C1CNCCO1. The molecule has 1 saturated heterocycles. The van der Waals surface area contributed by atoms with Crippen LogP contribution in [0.25, 0.3) is 0 Å². The second kappa shape index (κ2) is 5.27. The van der Waals surface area contributed by atoms with Crippen LogP contribution in [0.4, 0.5) is 4.79 Å². The molecule has 1 N–H and O–H groups in total. The molecule has 1 fully saturated rings. The van der Waals surface area contributed by atoms with Gasteiger partial charge in [-0.2, -0.15) is 0 Å². The number of carbonyl (C=O) groups excluding carboxylic acids is 2. The lowest BCUT2D eigenvalue weighted by Gasteiger charge is -2.22. The average Bonchev–Trinajstić information content (AvgIpc) is 2.16. The molecule has 6 heteroatoms. The van der Waals surface area contributed by atoms with Gasteiger partial charge >= 0.3 is 12.1 Å². The van der Waals surface area contributed by atoms with E-state index in [2.05, 4.69) is 10.1 Å². The van der Waals surface area contributed by atoms with E-state index in [9.17, 15) is 9.59 Å². The minimum absolute atomic E-state index is 0.349. The molecule has 1 aliphatic heterocycles. The van der Waals surface area contributed by atoms with Crippen molar-refractivity contribution in [2.75, 3.05) is 19.7 Å². The Balaban J connectivity index is 2.35. The number of hydrogen-bond acceptors (Lipinski definition) is 6. The van der Waals surface area contributed by atoms with Gasteiger partial charge in [-0.1, -0.05) is 0 Å². The molecule has 0 saturated carbocycles. The third-order valence-electron chi connectivity index (χ3n) is 1.76. The molecule has 0 aliphatic carbocycles. The molecule has 1 unspecified atom stereocenters. The van der Waals surface area contributed by atoms with Crippen molar-refractivity contribution < 1.29 is 23.8 Å². The lowest BCUT2D eigenvalue weighted by molar-refractivity contribution is -0.155. The van der Waals surface area contributed by atoms with Crippen molar-refractivity contribution >= 4 is 12.1 Å². The Morgan fingerprint density at radius 2 is 2.06 bits per heavy atom. The Hall–Kier alpha value is -1.14. The van der Waals surface area contributed by atoms with Crippen molar-refractivity contribution in [3.05, 3.63) is 0 Å². The van der Waals surface area contributed by atoms with Gasteiger partial charge in [-0.15, -0.1) is 0 Å². The lowest BCUT2D eigenvalue weighted by Crippen LogP contribution is -2.44. The summed E-state index contributed by atoms with van der Waals surface area (Å²) >= 11 is 0. The molecule has 0 aromatic heterocycles. The normalized spacial score (nSPS) is 21.3. The number of morpholine rings is 1. The molecule has 1 heterocycles. The standard InChI is InChI=1S/C10H17NO5/c1-10(2,3)16-9(13)15-8(12)7-6-11-4-5-14-7/h7,11H,4-6H2,1-3H3. The predicted octanol–water partition coefficient (Wildman–Crippen LogP) is 0.453. The second-order valence-electron chi connectivity index (χ2n) is 4.45. The highest BCUT2D eigenvalue weighted by Crippen LogP contribution is 2.09. The summed E-state index contributed by atoms with van der Waals surface area (Å²) in [4.78, 5) is 22.6. The van der Waals surface area contributed by atoms with Crippen LogP contribution in [0.2, 0.25) is 0 Å². The van der Waals surface area contributed by atoms with E-state index in [1.165, 1.54) is 0 Å². The van der Waals surface area contributed by atoms with Gasteiger partial charge < -0.3 is 19.5 Å². The number of ether oxygens (including phenoxy) is 3. The van der Waals surface area contributed by atoms with E-state index < -0.39 is 23.8 Å². The monoisotopic (exact) mass is 231 g/mol. The van der Waals surface area contributed by atoms with Crippen molar-refractivity contribution in [2.24, 2.45) is 0 Å². The van der Waals surface area contributed by atoms with Crippen LogP contribution in [0.15, 0.2) is 0 Å². The van der Waals surface area contributed by atoms with Crippen molar-refractivity contribution in [3.63, 3.8) is 0 Å². The first kappa shape index (κ1) is 12.9. The molecule has 1 aliphatic rings. The fourth-order valence-electron chi connectivity index (χ4n) is 1.14. The summed E-state index contributed by atoms with van der Waals surface area (Å²) in [5.41, 5.74) is -0.678. The van der Waals surface area contributed by atoms with Gasteiger partial charge in [-0.25, -0.2) is 9.59 Å². The zero-order valence-corrected chi connectivity index (χ0v) is 9.74. The topological polar surface area (TPSA) is 73.9 Å². The predicted molar refractivity (Wildman–Crippen MR) is 54.9 cm³/mol. The molecule has 0 bridgehead atoms. The van der Waals surface area contributed by atoms with E-state index in [0.717, 1.165) is 0 Å². The Bertz CT molecular complexity index is 265. The number of rotatable bonds is 1. The lowest BCUT2D eigenvalue weighted by atomic mass is 10.2. The number of carbonyl (C=O) groups is 2. The summed E-state index contributed by atoms with van der Waals surface area (Å²) in [5.74, 6) is -0.721. The van der Waals surface area contributed by atoms with Crippen molar-refractivity contribution in [1.82, 2.24) is 5.32 Å². The first-order chi connectivity index (χ1) is 7.38. The molecule has 6 nitrogen and oxygen atoms in total. The summed E-state index contributed by atoms with van der Waals surface area (Å²) in [5, 5.41) is 2.96. The summed E-state index contributed by atoms with van der Waals surface area (Å²) in [6.07, 6.45) is -1.73. The van der Waals surface area contributed by atoms with E-state index >= 15 is 0 Å². The molecular weight excluding hydrogens is 214 g/mol. The van der Waals surface area contributed by atoms with Crippen LogP contribution in [0.3, 0.4) is 0 Å². The minimum atomic E-state index is -0.994. The Morgan fingerprint density at radius 1 is 1.38 bits per heavy atom. The quantitative estimate of drug-likeness (QED) is 0.522. The highest BCUT2D eigenvalue weighted by Gasteiger charge is 2.27. The third kappa shape index (κ3) is 4.59. The highest BCUT2D eigenvalue weighted by atomic mass is 16.8. The largest absolute Gasteiger partial charge is 0.516 e. The second-order valence-corrected chi connectivity index (χ2v) is 4.45. The van der Waals surface area contributed by atoms with Gasteiger partial charge in [-0.05, 0) is 20.8 Å². The fourth-order valence-corrected chi connectivity index (χ4v) is 1.14. The van der Waals surface area contributed by atoms with Gasteiger partial charge in [0.2, 0.25) is 0 Å². The zero-order valence-electron chi connectivity index (χ0n) is 9.74. The van der Waals surface area contributed by atoms with Gasteiger partial charge in [-0.3, -0.25) is 0 Å². The molecule has 1 rings (SSSR count). The molecule has 0 radical (unpaired) electrons. The third-order valence-corrected chi connectivity index (χ3v) is 1.76. The van der Waals surface area contributed by atoms with Crippen molar-refractivity contribution in [2.45, 2.75) is 32.5 Å². The first-order valence-corrected chi connectivity index (χ1v) is 5.15. The van der Waals surface area contributed by atoms with Crippen LogP contribution >= 0.6 is 0 Å². The van der Waals surface area contributed by atoms with Crippen LogP contribution < -0.4 is 5.32 Å². The van der Waals surface area contributed by atoms with Gasteiger partial charge in [0.1, 0.15) is 5.60 Å². The van der Waals surface area contributed by atoms with E-state index in [4.69, 9.17) is 9.47 Å². The number of nitrogens with one attached hydrogen (secondary N) is 1. The van der Waals surface area contributed by atoms with E-state index in [1.807, 2.05) is 0 Å². The average molecular weight is 231 g/mol. The van der Waals surface area contributed by atoms with Gasteiger partial charge in [0.25, 0.3) is 0 Å². The zero-order chi connectivity index (χ0) is 12.2. The molecule has 0 spiro atoms. The van der Waals surface area contributed by atoms with Crippen LogP contribution in [-0.4, -0.2) is 43.5 Å². The van der Waals surface area contributed by atoms with Crippen LogP contribution in [0.1, 0.15) is 20.8 Å². The van der Waals surface area contributed by atoms with Crippen LogP contribution in [0.5, 0.6) is 0 Å². The molecule has 0 aromatic carbocycles. The number of hydrogen-bond donors (Lipinski definition) is 1. The van der Waals surface area contributed by atoms with E-state index in [0.29, 0.717) is 19.7 Å². The van der Waals surface area contributed by atoms with E-state index in [1.54, 1.807) is 20.8 Å². The fraction of sp³-hybridized carbons (Fsp3) is 0.800. The minimum Gasteiger partial charge on any atom is -0.428 e. The number of esters is 1. The summed E-state index contributed by atoms with van der Waals surface area (Å²) < 4.78 is 14.5. The van der Waals surface area contributed by atoms with E-state index in [-0.39, 0.29) is 0 Å². The van der Waals surface area contributed by atoms with Gasteiger partial charge in [0.15, 0.2) is 6.10 Å². The molecule has 1 atom stereocenters. The molecule has 0 aromatic rings. The molecule has 92 valence electrons. The van der Waals surface area contributed by atoms with Gasteiger partial charge in [0.05, 0.1) is 6.61 Å². The van der Waals surface area contributed by atoms with Crippen molar-refractivity contribution in [3.8, 4) is 0 Å². The first-order valence-electron chi connectivity index (χ1n) is 5.15. The maximum absolute atomic E-state index is 11.4. The molecule has 16 heavy (non-hydrogen) atoms. The smallest absolute Gasteiger partial charge is 0.428 e. The van der Waals surface area contributed by atoms with Crippen LogP contribution in [-0.2, 0) is 19.0 Å². The maximum Gasteiger partial charge on any atom is 0.516 e. The van der Waals surface area contributed by atoms with Crippen molar-refractivity contribution in [1.29, 1.82) is 0 Å². The molecule has 0 amide bonds. The maximum atomic E-state index is 11.4.